The zero-order valence-corrected chi connectivity index (χ0v) is 11.5. The summed E-state index contributed by atoms with van der Waals surface area (Å²) in [6.07, 6.45) is 2.52. The van der Waals surface area contributed by atoms with Gasteiger partial charge in [-0.15, -0.1) is 5.10 Å². The highest BCUT2D eigenvalue weighted by molar-refractivity contribution is 6.03. The van der Waals surface area contributed by atoms with Gasteiger partial charge in [0.05, 0.1) is 0 Å². The highest BCUT2D eigenvalue weighted by Crippen LogP contribution is 2.14. The molecule has 21 heavy (non-hydrogen) atoms. The zero-order valence-electron chi connectivity index (χ0n) is 11.5. The number of aryl methyl sites for hydroxylation is 2. The van der Waals surface area contributed by atoms with Gasteiger partial charge in [-0.2, -0.15) is 0 Å². The summed E-state index contributed by atoms with van der Waals surface area (Å²) in [5.41, 5.74) is 1.92. The molecule has 1 heterocycles. The molecule has 0 bridgehead atoms. The number of anilines is 1. The van der Waals surface area contributed by atoms with Crippen LogP contribution in [-0.2, 0) is 4.79 Å². The van der Waals surface area contributed by atoms with Crippen LogP contribution in [0.4, 0.5) is 6.01 Å². The van der Waals surface area contributed by atoms with Crippen LogP contribution in [0.3, 0.4) is 0 Å². The van der Waals surface area contributed by atoms with Crippen molar-refractivity contribution >= 4 is 24.0 Å². The van der Waals surface area contributed by atoms with Gasteiger partial charge in [0, 0.05) is 18.6 Å². The third-order valence-corrected chi connectivity index (χ3v) is 2.68. The molecule has 0 spiro atoms. The van der Waals surface area contributed by atoms with Crippen LogP contribution in [0.15, 0.2) is 28.7 Å². The lowest BCUT2D eigenvalue weighted by atomic mass is 10.0. The molecular formula is C14H13N3O4. The Morgan fingerprint density at radius 3 is 2.62 bits per heavy atom. The summed E-state index contributed by atoms with van der Waals surface area (Å²) < 4.78 is 5.06. The molecule has 0 unspecified atom stereocenters. The van der Waals surface area contributed by atoms with E-state index in [9.17, 15) is 9.59 Å². The van der Waals surface area contributed by atoms with E-state index >= 15 is 0 Å². The number of benzene rings is 1. The molecule has 0 aliphatic heterocycles. The molecule has 0 saturated heterocycles. The number of aliphatic carboxylic acids is 1. The lowest BCUT2D eigenvalue weighted by Crippen LogP contribution is -2.12. The fourth-order valence-electron chi connectivity index (χ4n) is 1.68. The minimum Gasteiger partial charge on any atom is -0.478 e. The van der Waals surface area contributed by atoms with Gasteiger partial charge in [0.1, 0.15) is 0 Å². The zero-order chi connectivity index (χ0) is 15.4. The number of nitrogens with one attached hydrogen (secondary N) is 1. The third kappa shape index (κ3) is 3.75. The summed E-state index contributed by atoms with van der Waals surface area (Å²) >= 11 is 0. The first-order valence-electron chi connectivity index (χ1n) is 6.09. The number of carboxylic acids is 1. The summed E-state index contributed by atoms with van der Waals surface area (Å²) in [4.78, 5) is 22.5. The van der Waals surface area contributed by atoms with Gasteiger partial charge < -0.3 is 9.52 Å². The molecule has 0 fully saturated rings. The fraction of sp³-hybridized carbons (Fsp3) is 0.143. The van der Waals surface area contributed by atoms with Gasteiger partial charge in [-0.25, -0.2) is 4.79 Å². The predicted molar refractivity (Wildman–Crippen MR) is 74.8 cm³/mol. The standard InChI is InChI=1S/C14H13N3O4/c1-8-7-11(4-3-10(8)5-6-12(18)19)13(20)15-14-17-16-9(2)21-14/h3-7H,1-2H3,(H,18,19)(H,15,17,20)/b6-5+. The predicted octanol–water partition coefficient (Wildman–Crippen LogP) is 2.04. The molecule has 0 radical (unpaired) electrons. The Hall–Kier alpha value is -2.96. The number of rotatable bonds is 4. The van der Waals surface area contributed by atoms with Gasteiger partial charge in [0.25, 0.3) is 5.91 Å². The Bertz CT molecular complexity index is 719. The van der Waals surface area contributed by atoms with Crippen LogP contribution in [0.2, 0.25) is 0 Å². The SMILES string of the molecule is Cc1nnc(NC(=O)c2ccc(/C=C/C(=O)O)c(C)c2)o1. The van der Waals surface area contributed by atoms with Gasteiger partial charge in [-0.3, -0.25) is 10.1 Å². The van der Waals surface area contributed by atoms with Crippen molar-refractivity contribution in [2.75, 3.05) is 5.32 Å². The molecule has 0 saturated carbocycles. The first kappa shape index (κ1) is 14.4. The molecule has 1 aromatic heterocycles. The van der Waals surface area contributed by atoms with Gasteiger partial charge in [0.15, 0.2) is 0 Å². The van der Waals surface area contributed by atoms with Crippen LogP contribution < -0.4 is 5.32 Å². The van der Waals surface area contributed by atoms with Crippen LogP contribution in [-0.4, -0.2) is 27.2 Å². The highest BCUT2D eigenvalue weighted by Gasteiger charge is 2.11. The average molecular weight is 287 g/mol. The number of nitrogens with zero attached hydrogens (tertiary/aromatic N) is 2. The highest BCUT2D eigenvalue weighted by atomic mass is 16.4. The average Bonchev–Trinajstić information content (AvgIpc) is 2.82. The van der Waals surface area contributed by atoms with Crippen molar-refractivity contribution in [2.45, 2.75) is 13.8 Å². The van der Waals surface area contributed by atoms with Crippen LogP contribution >= 0.6 is 0 Å². The smallest absolute Gasteiger partial charge is 0.328 e. The van der Waals surface area contributed by atoms with Gasteiger partial charge >= 0.3 is 12.0 Å². The summed E-state index contributed by atoms with van der Waals surface area (Å²) in [5.74, 6) is -1.05. The summed E-state index contributed by atoms with van der Waals surface area (Å²) in [6, 6.07) is 4.95. The maximum atomic E-state index is 12.0. The summed E-state index contributed by atoms with van der Waals surface area (Å²) in [7, 11) is 0. The van der Waals surface area contributed by atoms with Crippen molar-refractivity contribution in [3.63, 3.8) is 0 Å². The summed E-state index contributed by atoms with van der Waals surface area (Å²) in [6.45, 7) is 3.41. The van der Waals surface area contributed by atoms with Crippen molar-refractivity contribution < 1.29 is 19.1 Å². The Kier molecular flexibility index (Phi) is 4.13. The molecule has 2 aromatic rings. The number of aromatic nitrogens is 2. The second-order valence-electron chi connectivity index (χ2n) is 4.32. The van der Waals surface area contributed by atoms with Crippen molar-refractivity contribution in [1.29, 1.82) is 0 Å². The lowest BCUT2D eigenvalue weighted by Gasteiger charge is -2.04. The van der Waals surface area contributed by atoms with Crippen molar-refractivity contribution in [1.82, 2.24) is 10.2 Å². The minimum absolute atomic E-state index is 0.0324. The minimum atomic E-state index is -1.03. The van der Waals surface area contributed by atoms with Gasteiger partial charge in [-0.1, -0.05) is 11.2 Å². The number of carbonyl (C=O) groups is 2. The number of hydrogen-bond acceptors (Lipinski definition) is 5. The number of hydrogen-bond donors (Lipinski definition) is 2. The molecule has 0 atom stereocenters. The molecule has 2 N–H and O–H groups in total. The van der Waals surface area contributed by atoms with E-state index < -0.39 is 5.97 Å². The second kappa shape index (κ2) is 6.00. The second-order valence-corrected chi connectivity index (χ2v) is 4.32. The first-order chi connectivity index (χ1) is 9.95. The lowest BCUT2D eigenvalue weighted by molar-refractivity contribution is -0.131. The normalized spacial score (nSPS) is 10.8. The van der Waals surface area contributed by atoms with E-state index in [4.69, 9.17) is 9.52 Å². The van der Waals surface area contributed by atoms with Crippen molar-refractivity contribution in [3.05, 3.63) is 46.9 Å². The van der Waals surface area contributed by atoms with Gasteiger partial charge in [0.2, 0.25) is 5.89 Å². The van der Waals surface area contributed by atoms with E-state index in [2.05, 4.69) is 15.5 Å². The van der Waals surface area contributed by atoms with Crippen LogP contribution in [0.1, 0.15) is 27.4 Å². The molecule has 1 amide bonds. The molecule has 0 aliphatic carbocycles. The molecule has 7 nitrogen and oxygen atoms in total. The number of carboxylic acid groups (broad SMARTS) is 1. The molecule has 1 aromatic carbocycles. The van der Waals surface area contributed by atoms with Crippen LogP contribution in [0.5, 0.6) is 0 Å². The van der Waals surface area contributed by atoms with E-state index in [0.717, 1.165) is 17.2 Å². The monoisotopic (exact) mass is 287 g/mol. The maximum absolute atomic E-state index is 12.0. The fourth-order valence-corrected chi connectivity index (χ4v) is 1.68. The number of carbonyl (C=O) groups excluding carboxylic acids is 1. The molecular weight excluding hydrogens is 274 g/mol. The van der Waals surface area contributed by atoms with Crippen molar-refractivity contribution in [2.24, 2.45) is 0 Å². The van der Waals surface area contributed by atoms with Crippen molar-refractivity contribution in [3.8, 4) is 0 Å². The first-order valence-corrected chi connectivity index (χ1v) is 6.09. The molecule has 2 rings (SSSR count). The van der Waals surface area contributed by atoms with E-state index in [-0.39, 0.29) is 11.9 Å². The van der Waals surface area contributed by atoms with E-state index in [1.807, 2.05) is 0 Å². The molecule has 0 aliphatic rings. The van der Waals surface area contributed by atoms with Crippen LogP contribution in [0.25, 0.3) is 6.08 Å². The Labute approximate surface area is 120 Å². The number of amides is 1. The van der Waals surface area contributed by atoms with Crippen LogP contribution in [0, 0.1) is 13.8 Å². The Balaban J connectivity index is 2.15. The van der Waals surface area contributed by atoms with E-state index in [0.29, 0.717) is 11.5 Å². The third-order valence-electron chi connectivity index (χ3n) is 2.68. The molecule has 108 valence electrons. The maximum Gasteiger partial charge on any atom is 0.328 e. The largest absolute Gasteiger partial charge is 0.478 e. The Morgan fingerprint density at radius 1 is 1.29 bits per heavy atom. The van der Waals surface area contributed by atoms with E-state index in [1.54, 1.807) is 32.0 Å². The molecule has 7 heteroatoms. The topological polar surface area (TPSA) is 105 Å². The Morgan fingerprint density at radius 2 is 2.05 bits per heavy atom. The summed E-state index contributed by atoms with van der Waals surface area (Å²) in [5, 5.41) is 18.4. The van der Waals surface area contributed by atoms with Gasteiger partial charge in [-0.05, 0) is 36.3 Å². The quantitative estimate of drug-likeness (QED) is 0.833. The van der Waals surface area contributed by atoms with E-state index in [1.165, 1.54) is 6.08 Å².